The van der Waals surface area contributed by atoms with Crippen LogP contribution in [0.25, 0.3) is 16.3 Å². The average Bonchev–Trinajstić information content (AvgIpc) is 3.15. The van der Waals surface area contributed by atoms with Crippen molar-refractivity contribution in [2.75, 3.05) is 7.11 Å². The molecule has 7 heteroatoms. The molecule has 0 amide bonds. The Hall–Kier alpha value is -2.67. The van der Waals surface area contributed by atoms with Crippen LogP contribution in [0.3, 0.4) is 0 Å². The molecule has 0 saturated carbocycles. The highest BCUT2D eigenvalue weighted by atomic mass is 32.1. The Morgan fingerprint density at radius 1 is 1.36 bits per heavy atom. The minimum Gasteiger partial charge on any atom is -0.494 e. The van der Waals surface area contributed by atoms with Gasteiger partial charge in [0.25, 0.3) is 0 Å². The standard InChI is InChI=1S/C15H13N3O3S/c1-9-5-6-11(21-2)10(8-9)18-14(12-4-3-7-22-12)13(15(19)20)16-17-18/h3-8H,1-2H3,(H,19,20). The maximum Gasteiger partial charge on any atom is 0.358 e. The monoisotopic (exact) mass is 315 g/mol. The number of aromatic carboxylic acids is 1. The molecule has 0 spiro atoms. The zero-order valence-corrected chi connectivity index (χ0v) is 12.8. The van der Waals surface area contributed by atoms with Gasteiger partial charge in [0.05, 0.1) is 12.0 Å². The minimum atomic E-state index is -1.11. The molecule has 2 heterocycles. The highest BCUT2D eigenvalue weighted by Crippen LogP contribution is 2.32. The first-order chi connectivity index (χ1) is 10.6. The molecule has 6 nitrogen and oxygen atoms in total. The van der Waals surface area contributed by atoms with Crippen molar-refractivity contribution in [3.05, 3.63) is 47.0 Å². The number of thiophene rings is 1. The second-order valence-electron chi connectivity index (χ2n) is 4.66. The van der Waals surface area contributed by atoms with Crippen LogP contribution in [0, 0.1) is 6.92 Å². The molecule has 0 aliphatic heterocycles. The fourth-order valence-corrected chi connectivity index (χ4v) is 2.95. The lowest BCUT2D eigenvalue weighted by Gasteiger charge is -2.11. The van der Waals surface area contributed by atoms with E-state index in [1.54, 1.807) is 7.11 Å². The second kappa shape index (κ2) is 5.61. The van der Waals surface area contributed by atoms with Gasteiger partial charge in [0.15, 0.2) is 5.69 Å². The zero-order chi connectivity index (χ0) is 15.7. The van der Waals surface area contributed by atoms with Crippen LogP contribution in [-0.4, -0.2) is 33.2 Å². The molecule has 2 aromatic heterocycles. The quantitative estimate of drug-likeness (QED) is 0.801. The van der Waals surface area contributed by atoms with Gasteiger partial charge in [-0.1, -0.05) is 17.3 Å². The maximum absolute atomic E-state index is 11.4. The first-order valence-electron chi connectivity index (χ1n) is 6.49. The summed E-state index contributed by atoms with van der Waals surface area (Å²) >= 11 is 1.43. The van der Waals surface area contributed by atoms with Gasteiger partial charge < -0.3 is 9.84 Å². The summed E-state index contributed by atoms with van der Waals surface area (Å²) in [6, 6.07) is 9.33. The topological polar surface area (TPSA) is 77.2 Å². The number of aromatic nitrogens is 3. The van der Waals surface area contributed by atoms with Crippen LogP contribution < -0.4 is 4.74 Å². The SMILES string of the molecule is COc1ccc(C)cc1-n1nnc(C(=O)O)c1-c1cccs1. The van der Waals surface area contributed by atoms with E-state index in [1.807, 2.05) is 42.6 Å². The Morgan fingerprint density at radius 2 is 2.18 bits per heavy atom. The maximum atomic E-state index is 11.4. The van der Waals surface area contributed by atoms with Crippen molar-refractivity contribution in [1.82, 2.24) is 15.0 Å². The number of hydrogen-bond donors (Lipinski definition) is 1. The molecule has 0 bridgehead atoms. The summed E-state index contributed by atoms with van der Waals surface area (Å²) in [6.45, 7) is 1.95. The third-order valence-corrected chi connectivity index (χ3v) is 4.07. The predicted molar refractivity (Wildman–Crippen MR) is 82.9 cm³/mol. The minimum absolute atomic E-state index is 0.0778. The van der Waals surface area contributed by atoms with E-state index < -0.39 is 5.97 Å². The van der Waals surface area contributed by atoms with Crippen LogP contribution in [0.15, 0.2) is 35.7 Å². The van der Waals surface area contributed by atoms with Crippen LogP contribution >= 0.6 is 11.3 Å². The van der Waals surface area contributed by atoms with Gasteiger partial charge in [-0.25, -0.2) is 9.48 Å². The number of carbonyl (C=O) groups is 1. The van der Waals surface area contributed by atoms with Crippen molar-refractivity contribution in [3.63, 3.8) is 0 Å². The lowest BCUT2D eigenvalue weighted by atomic mass is 10.2. The number of methoxy groups -OCH3 is 1. The fourth-order valence-electron chi connectivity index (χ4n) is 2.19. The van der Waals surface area contributed by atoms with Crippen molar-refractivity contribution < 1.29 is 14.6 Å². The lowest BCUT2D eigenvalue weighted by molar-refractivity contribution is 0.0691. The van der Waals surface area contributed by atoms with Crippen LogP contribution in [0.2, 0.25) is 0 Å². The molecular weight excluding hydrogens is 302 g/mol. The van der Waals surface area contributed by atoms with Gasteiger partial charge in [-0.2, -0.15) is 0 Å². The third kappa shape index (κ3) is 2.35. The molecule has 1 aromatic carbocycles. The number of hydrogen-bond acceptors (Lipinski definition) is 5. The Balaban J connectivity index is 2.29. The fraction of sp³-hybridized carbons (Fsp3) is 0.133. The normalized spacial score (nSPS) is 10.6. The van der Waals surface area contributed by atoms with E-state index in [9.17, 15) is 9.90 Å². The Kier molecular flexibility index (Phi) is 3.64. The molecule has 0 atom stereocenters. The molecule has 1 N–H and O–H groups in total. The summed E-state index contributed by atoms with van der Waals surface area (Å²) in [7, 11) is 1.56. The van der Waals surface area contributed by atoms with Gasteiger partial charge in [0, 0.05) is 0 Å². The summed E-state index contributed by atoms with van der Waals surface area (Å²) < 4.78 is 6.88. The number of nitrogens with zero attached hydrogens (tertiary/aromatic N) is 3. The van der Waals surface area contributed by atoms with Gasteiger partial charge >= 0.3 is 5.97 Å². The van der Waals surface area contributed by atoms with E-state index >= 15 is 0 Å². The van der Waals surface area contributed by atoms with Crippen LogP contribution in [-0.2, 0) is 0 Å². The average molecular weight is 315 g/mol. The van der Waals surface area contributed by atoms with Crippen molar-refractivity contribution in [3.8, 4) is 22.0 Å². The first kappa shape index (κ1) is 14.3. The zero-order valence-electron chi connectivity index (χ0n) is 12.0. The third-order valence-electron chi connectivity index (χ3n) is 3.19. The highest BCUT2D eigenvalue weighted by Gasteiger charge is 2.23. The molecule has 0 unspecified atom stereocenters. The van der Waals surface area contributed by atoms with Gasteiger partial charge in [-0.05, 0) is 36.1 Å². The molecule has 0 aliphatic rings. The van der Waals surface area contributed by atoms with Gasteiger partial charge in [-0.15, -0.1) is 16.4 Å². The van der Waals surface area contributed by atoms with E-state index in [0.29, 0.717) is 17.1 Å². The molecule has 22 heavy (non-hydrogen) atoms. The van der Waals surface area contributed by atoms with Crippen molar-refractivity contribution in [2.24, 2.45) is 0 Å². The summed E-state index contributed by atoms with van der Waals surface area (Å²) in [4.78, 5) is 12.2. The lowest BCUT2D eigenvalue weighted by Crippen LogP contribution is -2.04. The molecule has 3 aromatic rings. The number of benzene rings is 1. The van der Waals surface area contributed by atoms with E-state index in [1.165, 1.54) is 16.0 Å². The summed E-state index contributed by atoms with van der Waals surface area (Å²) in [5.74, 6) is -0.508. The largest absolute Gasteiger partial charge is 0.494 e. The summed E-state index contributed by atoms with van der Waals surface area (Å²) in [6.07, 6.45) is 0. The molecule has 112 valence electrons. The van der Waals surface area contributed by atoms with E-state index in [4.69, 9.17) is 4.74 Å². The number of carboxylic acid groups (broad SMARTS) is 1. The van der Waals surface area contributed by atoms with E-state index in [0.717, 1.165) is 10.4 Å². The highest BCUT2D eigenvalue weighted by molar-refractivity contribution is 7.13. The second-order valence-corrected chi connectivity index (χ2v) is 5.60. The number of rotatable bonds is 4. The van der Waals surface area contributed by atoms with Crippen LogP contribution in [0.4, 0.5) is 0 Å². The Morgan fingerprint density at radius 3 is 2.82 bits per heavy atom. The van der Waals surface area contributed by atoms with Gasteiger partial charge in [0.1, 0.15) is 17.1 Å². The Bertz CT molecular complexity index is 825. The summed E-state index contributed by atoms with van der Waals surface area (Å²) in [5.41, 5.74) is 2.05. The number of carboxylic acids is 1. The molecule has 0 radical (unpaired) electrons. The first-order valence-corrected chi connectivity index (χ1v) is 7.37. The molecule has 0 aliphatic carbocycles. The van der Waals surface area contributed by atoms with Crippen molar-refractivity contribution in [1.29, 1.82) is 0 Å². The molecular formula is C15H13N3O3S. The van der Waals surface area contributed by atoms with Crippen LogP contribution in [0.1, 0.15) is 16.1 Å². The molecule has 0 saturated heterocycles. The smallest absolute Gasteiger partial charge is 0.358 e. The van der Waals surface area contributed by atoms with Crippen LogP contribution in [0.5, 0.6) is 5.75 Å². The molecule has 3 rings (SSSR count). The van der Waals surface area contributed by atoms with E-state index in [2.05, 4.69) is 10.3 Å². The molecule has 0 fully saturated rings. The van der Waals surface area contributed by atoms with Crippen molar-refractivity contribution >= 4 is 17.3 Å². The van der Waals surface area contributed by atoms with E-state index in [-0.39, 0.29) is 5.69 Å². The number of aryl methyl sites for hydroxylation is 1. The predicted octanol–water partition coefficient (Wildman–Crippen LogP) is 3.01. The van der Waals surface area contributed by atoms with Crippen molar-refractivity contribution in [2.45, 2.75) is 6.92 Å². The van der Waals surface area contributed by atoms with Gasteiger partial charge in [0.2, 0.25) is 0 Å². The number of ether oxygens (including phenoxy) is 1. The van der Waals surface area contributed by atoms with Gasteiger partial charge in [-0.3, -0.25) is 0 Å². The Labute approximate surface area is 130 Å². The summed E-state index contributed by atoms with van der Waals surface area (Å²) in [5, 5.41) is 19.1.